The average molecular weight is 421 g/mol. The van der Waals surface area contributed by atoms with Gasteiger partial charge in [0.25, 0.3) is 0 Å². The van der Waals surface area contributed by atoms with Crippen molar-refractivity contribution in [3.63, 3.8) is 0 Å². The molecule has 1 aromatic carbocycles. The molecule has 2 N–H and O–H groups in total. The quantitative estimate of drug-likeness (QED) is 0.716. The maximum absolute atomic E-state index is 13.0. The second-order valence-corrected chi connectivity index (χ2v) is 8.27. The zero-order valence-corrected chi connectivity index (χ0v) is 17.1. The van der Waals surface area contributed by atoms with E-state index in [1.807, 2.05) is 6.92 Å². The van der Waals surface area contributed by atoms with E-state index in [1.54, 1.807) is 0 Å². The highest BCUT2D eigenvalue weighted by Gasteiger charge is 2.31. The van der Waals surface area contributed by atoms with E-state index in [2.05, 4.69) is 9.47 Å². The summed E-state index contributed by atoms with van der Waals surface area (Å²) in [6.07, 6.45) is 1.33. The number of hydrogen-bond donors (Lipinski definition) is 1. The molecule has 8 nitrogen and oxygen atoms in total. The molecule has 1 aliphatic rings. The van der Waals surface area contributed by atoms with Gasteiger partial charge in [-0.3, -0.25) is 0 Å². The first kappa shape index (κ1) is 23.4. The Labute approximate surface area is 165 Å². The number of rotatable bonds is 5. The SMILES string of the molecule is COC(=O)c1cc(C(=O)OC)cc(S(=O)(=O)N2CCC(C(C)N)CC2)c1.Cl. The number of ether oxygens (including phenoxy) is 2. The molecule has 0 bridgehead atoms. The summed E-state index contributed by atoms with van der Waals surface area (Å²) in [6, 6.07) is 3.68. The third-order valence-corrected chi connectivity index (χ3v) is 6.51. The molecule has 152 valence electrons. The van der Waals surface area contributed by atoms with Gasteiger partial charge in [-0.1, -0.05) is 0 Å². The number of hydrogen-bond acceptors (Lipinski definition) is 7. The topological polar surface area (TPSA) is 116 Å². The highest BCUT2D eigenvalue weighted by Crippen LogP contribution is 2.26. The number of carbonyl (C=O) groups excluding carboxylic acids is 2. The third kappa shape index (κ3) is 5.19. The molecule has 1 atom stereocenters. The average Bonchev–Trinajstić information content (AvgIpc) is 2.66. The van der Waals surface area contributed by atoms with E-state index in [1.165, 1.54) is 36.7 Å². The van der Waals surface area contributed by atoms with Gasteiger partial charge in [0.2, 0.25) is 10.0 Å². The summed E-state index contributed by atoms with van der Waals surface area (Å²) < 4.78 is 36.6. The lowest BCUT2D eigenvalue weighted by molar-refractivity contribution is 0.0598. The Kier molecular flexibility index (Phi) is 8.22. The van der Waals surface area contributed by atoms with Gasteiger partial charge in [-0.25, -0.2) is 18.0 Å². The maximum Gasteiger partial charge on any atom is 0.337 e. The van der Waals surface area contributed by atoms with Gasteiger partial charge < -0.3 is 15.2 Å². The fraction of sp³-hybridized carbons (Fsp3) is 0.529. The first-order chi connectivity index (χ1) is 12.2. The minimum atomic E-state index is -3.86. The van der Waals surface area contributed by atoms with Crippen molar-refractivity contribution in [2.24, 2.45) is 11.7 Å². The number of carbonyl (C=O) groups is 2. The standard InChI is InChI=1S/C17H24N2O6S.ClH/c1-11(18)12-4-6-19(7-5-12)26(22,23)15-9-13(16(20)24-2)8-14(10-15)17(21)25-3;/h8-12H,4-7,18H2,1-3H3;1H. The number of sulfonamides is 1. The van der Waals surface area contributed by atoms with Crippen molar-refractivity contribution in [2.75, 3.05) is 27.3 Å². The Balaban J connectivity index is 0.00000364. The molecule has 0 saturated carbocycles. The van der Waals surface area contributed by atoms with Gasteiger partial charge in [-0.05, 0) is 43.9 Å². The molecular formula is C17H25ClN2O6S. The van der Waals surface area contributed by atoms with E-state index in [0.29, 0.717) is 25.9 Å². The van der Waals surface area contributed by atoms with E-state index in [4.69, 9.17) is 5.73 Å². The molecule has 0 amide bonds. The predicted molar refractivity (Wildman–Crippen MR) is 102 cm³/mol. The highest BCUT2D eigenvalue weighted by atomic mass is 35.5. The smallest absolute Gasteiger partial charge is 0.337 e. The van der Waals surface area contributed by atoms with Gasteiger partial charge in [0.05, 0.1) is 30.2 Å². The summed E-state index contributed by atoms with van der Waals surface area (Å²) in [4.78, 5) is 23.6. The van der Waals surface area contributed by atoms with Gasteiger partial charge in [0.15, 0.2) is 0 Å². The number of halogens is 1. The summed E-state index contributed by atoms with van der Waals surface area (Å²) in [7, 11) is -1.50. The fourth-order valence-corrected chi connectivity index (χ4v) is 4.55. The molecule has 0 aliphatic carbocycles. The zero-order chi connectivity index (χ0) is 19.5. The van der Waals surface area contributed by atoms with Gasteiger partial charge in [-0.2, -0.15) is 4.31 Å². The molecule has 1 aromatic rings. The molecule has 1 unspecified atom stereocenters. The summed E-state index contributed by atoms with van der Waals surface area (Å²) in [5.41, 5.74) is 5.84. The van der Waals surface area contributed by atoms with Gasteiger partial charge >= 0.3 is 11.9 Å². The Morgan fingerprint density at radius 2 is 1.52 bits per heavy atom. The summed E-state index contributed by atoms with van der Waals surface area (Å²) in [6.45, 7) is 2.59. The van der Waals surface area contributed by atoms with Crippen LogP contribution in [-0.2, 0) is 19.5 Å². The molecule has 2 rings (SSSR count). The molecule has 0 radical (unpaired) electrons. The second-order valence-electron chi connectivity index (χ2n) is 6.33. The van der Waals surface area contributed by atoms with Crippen molar-refractivity contribution in [1.29, 1.82) is 0 Å². The molecule has 10 heteroatoms. The minimum absolute atomic E-state index is 0. The maximum atomic E-state index is 13.0. The van der Waals surface area contributed by atoms with Crippen LogP contribution in [0.2, 0.25) is 0 Å². The van der Waals surface area contributed by atoms with Crippen LogP contribution in [0.5, 0.6) is 0 Å². The van der Waals surface area contributed by atoms with Crippen LogP contribution in [0.3, 0.4) is 0 Å². The lowest BCUT2D eigenvalue weighted by Crippen LogP contribution is -2.42. The van der Waals surface area contributed by atoms with E-state index >= 15 is 0 Å². The molecule has 1 aliphatic heterocycles. The lowest BCUT2D eigenvalue weighted by Gasteiger charge is -2.33. The summed E-state index contributed by atoms with van der Waals surface area (Å²) >= 11 is 0. The molecule has 27 heavy (non-hydrogen) atoms. The molecule has 0 spiro atoms. The van der Waals surface area contributed by atoms with Crippen LogP contribution in [-0.4, -0.2) is 58.0 Å². The second kappa shape index (κ2) is 9.50. The normalized spacial score (nSPS) is 16.9. The number of methoxy groups -OCH3 is 2. The number of esters is 2. The summed E-state index contributed by atoms with van der Waals surface area (Å²) in [5, 5.41) is 0. The molecule has 1 fully saturated rings. The number of nitrogens with two attached hydrogens (primary N) is 1. The van der Waals surface area contributed by atoms with Crippen LogP contribution in [0, 0.1) is 5.92 Å². The Hall–Kier alpha value is -1.68. The zero-order valence-electron chi connectivity index (χ0n) is 15.5. The van der Waals surface area contributed by atoms with Gasteiger partial charge in [0, 0.05) is 19.1 Å². The van der Waals surface area contributed by atoms with Crippen molar-refractivity contribution in [1.82, 2.24) is 4.31 Å². The highest BCUT2D eigenvalue weighted by molar-refractivity contribution is 7.89. The van der Waals surface area contributed by atoms with Crippen LogP contribution >= 0.6 is 12.4 Å². The Morgan fingerprint density at radius 1 is 1.07 bits per heavy atom. The van der Waals surface area contributed by atoms with Crippen LogP contribution in [0.25, 0.3) is 0 Å². The Bertz CT molecular complexity index is 754. The lowest BCUT2D eigenvalue weighted by atomic mass is 9.92. The van der Waals surface area contributed by atoms with Gasteiger partial charge in [-0.15, -0.1) is 12.4 Å². The minimum Gasteiger partial charge on any atom is -0.465 e. The molecule has 1 saturated heterocycles. The fourth-order valence-electron chi connectivity index (χ4n) is 3.01. The van der Waals surface area contributed by atoms with E-state index in [0.717, 1.165) is 0 Å². The van der Waals surface area contributed by atoms with Crippen molar-refractivity contribution < 1.29 is 27.5 Å². The van der Waals surface area contributed by atoms with Crippen molar-refractivity contribution in [2.45, 2.75) is 30.7 Å². The largest absolute Gasteiger partial charge is 0.465 e. The number of benzene rings is 1. The predicted octanol–water partition coefficient (Wildman–Crippen LogP) is 1.43. The van der Waals surface area contributed by atoms with Crippen molar-refractivity contribution >= 4 is 34.4 Å². The monoisotopic (exact) mass is 420 g/mol. The van der Waals surface area contributed by atoms with Crippen LogP contribution in [0.4, 0.5) is 0 Å². The van der Waals surface area contributed by atoms with E-state index in [9.17, 15) is 18.0 Å². The van der Waals surface area contributed by atoms with Crippen LogP contribution in [0.15, 0.2) is 23.1 Å². The number of piperidine rings is 1. The molecule has 0 aromatic heterocycles. The molecular weight excluding hydrogens is 396 g/mol. The summed E-state index contributed by atoms with van der Waals surface area (Å²) in [5.74, 6) is -1.20. The van der Waals surface area contributed by atoms with Crippen molar-refractivity contribution in [3.8, 4) is 0 Å². The van der Waals surface area contributed by atoms with Crippen molar-refractivity contribution in [3.05, 3.63) is 29.3 Å². The Morgan fingerprint density at radius 3 is 1.89 bits per heavy atom. The van der Waals surface area contributed by atoms with E-state index in [-0.39, 0.29) is 40.4 Å². The third-order valence-electron chi connectivity index (χ3n) is 4.63. The van der Waals surface area contributed by atoms with Gasteiger partial charge in [0.1, 0.15) is 0 Å². The number of nitrogens with zero attached hydrogens (tertiary/aromatic N) is 1. The first-order valence-corrected chi connectivity index (χ1v) is 9.72. The van der Waals surface area contributed by atoms with Crippen LogP contribution < -0.4 is 5.73 Å². The molecule has 1 heterocycles. The van der Waals surface area contributed by atoms with Crippen LogP contribution in [0.1, 0.15) is 40.5 Å². The first-order valence-electron chi connectivity index (χ1n) is 8.28. The van der Waals surface area contributed by atoms with E-state index < -0.39 is 22.0 Å².